The van der Waals surface area contributed by atoms with Crippen LogP contribution >= 0.6 is 0 Å². The van der Waals surface area contributed by atoms with E-state index in [0.29, 0.717) is 17.1 Å². The molecule has 0 aliphatic heterocycles. The predicted molar refractivity (Wildman–Crippen MR) is 101 cm³/mol. The normalized spacial score (nSPS) is 12.6. The third kappa shape index (κ3) is 5.46. The predicted octanol–water partition coefficient (Wildman–Crippen LogP) is 1.73. The van der Waals surface area contributed by atoms with Gasteiger partial charge in [0, 0.05) is 6.54 Å². The third-order valence-corrected chi connectivity index (χ3v) is 4.10. The monoisotopic (exact) mass is 372 g/mol. The molecule has 2 rings (SSSR count). The highest BCUT2D eigenvalue weighted by molar-refractivity contribution is 6.35. The first-order valence-corrected chi connectivity index (χ1v) is 8.50. The molecule has 144 valence electrons. The molecule has 0 radical (unpaired) electrons. The summed E-state index contributed by atoms with van der Waals surface area (Å²) in [6.45, 7) is 1.68. The number of hydrogen-bond acceptors (Lipinski definition) is 5. The van der Waals surface area contributed by atoms with E-state index in [9.17, 15) is 14.7 Å². The van der Waals surface area contributed by atoms with Crippen LogP contribution in [0.3, 0.4) is 0 Å². The van der Waals surface area contributed by atoms with Crippen molar-refractivity contribution in [2.45, 2.75) is 19.1 Å². The highest BCUT2D eigenvalue weighted by Crippen LogP contribution is 2.29. The average Bonchev–Trinajstić information content (AvgIpc) is 2.71. The number of amides is 2. The zero-order valence-electron chi connectivity index (χ0n) is 15.6. The number of carbonyl (C=O) groups is 2. The molecule has 7 heteroatoms. The summed E-state index contributed by atoms with van der Waals surface area (Å²) in [4.78, 5) is 24.0. The summed E-state index contributed by atoms with van der Waals surface area (Å²) in [6.07, 6.45) is -0.992. The molecule has 0 aliphatic carbocycles. The Balaban J connectivity index is 1.89. The Morgan fingerprint density at radius 2 is 1.63 bits per heavy atom. The minimum Gasteiger partial charge on any atom is -0.493 e. The van der Waals surface area contributed by atoms with Gasteiger partial charge in [0.25, 0.3) is 0 Å². The van der Waals surface area contributed by atoms with Crippen molar-refractivity contribution in [1.29, 1.82) is 0 Å². The van der Waals surface area contributed by atoms with Gasteiger partial charge >= 0.3 is 11.8 Å². The minimum atomic E-state index is -0.992. The third-order valence-electron chi connectivity index (χ3n) is 4.10. The Kier molecular flexibility index (Phi) is 7.19. The number of nitrogens with one attached hydrogen (secondary N) is 2. The van der Waals surface area contributed by atoms with Gasteiger partial charge in [-0.05, 0) is 30.2 Å². The number of aliphatic hydroxyl groups excluding tert-OH is 1. The number of ether oxygens (including phenoxy) is 2. The van der Waals surface area contributed by atoms with Crippen LogP contribution in [0.15, 0.2) is 48.5 Å². The number of aliphatic hydroxyl groups is 1. The maximum Gasteiger partial charge on any atom is 0.309 e. The summed E-state index contributed by atoms with van der Waals surface area (Å²) < 4.78 is 10.3. The number of carbonyl (C=O) groups excluding carboxylic acids is 2. The number of benzene rings is 2. The van der Waals surface area contributed by atoms with Crippen molar-refractivity contribution in [1.82, 2.24) is 10.6 Å². The van der Waals surface area contributed by atoms with E-state index >= 15 is 0 Å². The van der Waals surface area contributed by atoms with E-state index in [1.165, 1.54) is 14.2 Å². The van der Waals surface area contributed by atoms with Crippen molar-refractivity contribution < 1.29 is 24.2 Å². The van der Waals surface area contributed by atoms with Crippen LogP contribution in [0.5, 0.6) is 11.5 Å². The fraction of sp³-hybridized carbons (Fsp3) is 0.300. The van der Waals surface area contributed by atoms with Gasteiger partial charge in [0.15, 0.2) is 11.5 Å². The van der Waals surface area contributed by atoms with Gasteiger partial charge in [-0.15, -0.1) is 0 Å². The minimum absolute atomic E-state index is 0.110. The zero-order valence-corrected chi connectivity index (χ0v) is 15.6. The van der Waals surface area contributed by atoms with E-state index in [-0.39, 0.29) is 12.6 Å². The van der Waals surface area contributed by atoms with Crippen LogP contribution in [0.2, 0.25) is 0 Å². The Bertz CT molecular complexity index is 779. The van der Waals surface area contributed by atoms with Crippen molar-refractivity contribution >= 4 is 11.8 Å². The van der Waals surface area contributed by atoms with E-state index in [4.69, 9.17) is 9.47 Å². The molecule has 0 bridgehead atoms. The highest BCUT2D eigenvalue weighted by Gasteiger charge is 2.19. The fourth-order valence-corrected chi connectivity index (χ4v) is 2.53. The Morgan fingerprint density at radius 1 is 0.963 bits per heavy atom. The highest BCUT2D eigenvalue weighted by atomic mass is 16.5. The molecule has 2 atom stereocenters. The molecule has 0 unspecified atom stereocenters. The molecular weight excluding hydrogens is 348 g/mol. The molecule has 0 saturated carbocycles. The Morgan fingerprint density at radius 3 is 2.26 bits per heavy atom. The van der Waals surface area contributed by atoms with Crippen LogP contribution in [0.1, 0.15) is 30.2 Å². The van der Waals surface area contributed by atoms with Gasteiger partial charge in [-0.2, -0.15) is 0 Å². The number of rotatable bonds is 7. The van der Waals surface area contributed by atoms with Gasteiger partial charge in [-0.1, -0.05) is 36.4 Å². The smallest absolute Gasteiger partial charge is 0.309 e. The first kappa shape index (κ1) is 20.3. The van der Waals surface area contributed by atoms with Gasteiger partial charge in [-0.25, -0.2) is 0 Å². The molecule has 7 nitrogen and oxygen atoms in total. The standard InChI is InChI=1S/C20H24N2O5/c1-13(14-7-5-4-6-8-14)22-20(25)19(24)21-12-16(23)15-9-10-17(26-2)18(11-15)27-3/h4-11,13,16,23H,12H2,1-3H3,(H,21,24)(H,22,25)/t13-,16-/m1/s1. The lowest BCUT2D eigenvalue weighted by Gasteiger charge is -2.16. The molecule has 3 N–H and O–H groups in total. The van der Waals surface area contributed by atoms with Crippen molar-refractivity contribution in [3.8, 4) is 11.5 Å². The van der Waals surface area contributed by atoms with Crippen molar-refractivity contribution in [2.24, 2.45) is 0 Å². The van der Waals surface area contributed by atoms with Crippen LogP contribution < -0.4 is 20.1 Å². The van der Waals surface area contributed by atoms with E-state index < -0.39 is 17.9 Å². The molecule has 0 saturated heterocycles. The second-order valence-electron chi connectivity index (χ2n) is 5.95. The summed E-state index contributed by atoms with van der Waals surface area (Å²) in [7, 11) is 3.01. The largest absolute Gasteiger partial charge is 0.493 e. The molecule has 2 amide bonds. The van der Waals surface area contributed by atoms with Crippen LogP contribution in [-0.4, -0.2) is 37.7 Å². The second-order valence-corrected chi connectivity index (χ2v) is 5.95. The first-order chi connectivity index (χ1) is 13.0. The molecule has 2 aromatic rings. The van der Waals surface area contributed by atoms with Crippen molar-refractivity contribution in [2.75, 3.05) is 20.8 Å². The Labute approximate surface area is 158 Å². The number of methoxy groups -OCH3 is 2. The van der Waals surface area contributed by atoms with Crippen molar-refractivity contribution in [3.05, 3.63) is 59.7 Å². The molecule has 0 aliphatic rings. The van der Waals surface area contributed by atoms with Gasteiger partial charge in [0.1, 0.15) is 0 Å². The molecule has 0 aromatic heterocycles. The van der Waals surface area contributed by atoms with E-state index in [0.717, 1.165) is 5.56 Å². The van der Waals surface area contributed by atoms with E-state index in [1.807, 2.05) is 30.3 Å². The van der Waals surface area contributed by atoms with E-state index in [2.05, 4.69) is 10.6 Å². The van der Waals surface area contributed by atoms with Gasteiger partial charge in [-0.3, -0.25) is 9.59 Å². The molecule has 0 fully saturated rings. The average molecular weight is 372 g/mol. The van der Waals surface area contributed by atoms with Crippen molar-refractivity contribution in [3.63, 3.8) is 0 Å². The topological polar surface area (TPSA) is 96.9 Å². The molecule has 0 spiro atoms. The van der Waals surface area contributed by atoms with E-state index in [1.54, 1.807) is 25.1 Å². The first-order valence-electron chi connectivity index (χ1n) is 8.50. The lowest BCUT2D eigenvalue weighted by Crippen LogP contribution is -2.42. The summed E-state index contributed by atoms with van der Waals surface area (Å²) in [6, 6.07) is 14.0. The molecule has 2 aromatic carbocycles. The summed E-state index contributed by atoms with van der Waals surface area (Å²) in [5.41, 5.74) is 1.43. The SMILES string of the molecule is COc1ccc([C@H](O)CNC(=O)C(=O)N[C@H](C)c2ccccc2)cc1OC. The fourth-order valence-electron chi connectivity index (χ4n) is 2.53. The Hall–Kier alpha value is -3.06. The number of hydrogen-bond donors (Lipinski definition) is 3. The lowest BCUT2D eigenvalue weighted by atomic mass is 10.1. The van der Waals surface area contributed by atoms with Crippen LogP contribution in [-0.2, 0) is 9.59 Å². The van der Waals surface area contributed by atoms with Crippen LogP contribution in [0, 0.1) is 0 Å². The summed E-state index contributed by atoms with van der Waals surface area (Å²) >= 11 is 0. The van der Waals surface area contributed by atoms with Gasteiger partial charge in [0.2, 0.25) is 0 Å². The molecule has 0 heterocycles. The van der Waals surface area contributed by atoms with Gasteiger partial charge in [0.05, 0.1) is 26.4 Å². The summed E-state index contributed by atoms with van der Waals surface area (Å²) in [5.74, 6) is -0.565. The quantitative estimate of drug-likeness (QED) is 0.643. The lowest BCUT2D eigenvalue weighted by molar-refractivity contribution is -0.139. The van der Waals surface area contributed by atoms with Crippen LogP contribution in [0.4, 0.5) is 0 Å². The molecule has 27 heavy (non-hydrogen) atoms. The van der Waals surface area contributed by atoms with Crippen LogP contribution in [0.25, 0.3) is 0 Å². The summed E-state index contributed by atoms with van der Waals surface area (Å²) in [5, 5.41) is 15.3. The zero-order chi connectivity index (χ0) is 19.8. The molecular formula is C20H24N2O5. The maximum absolute atomic E-state index is 12.0. The van der Waals surface area contributed by atoms with Gasteiger partial charge < -0.3 is 25.2 Å². The second kappa shape index (κ2) is 9.59. The maximum atomic E-state index is 12.0.